The highest BCUT2D eigenvalue weighted by atomic mass is 79.9. The van der Waals surface area contributed by atoms with Crippen molar-refractivity contribution in [2.24, 2.45) is 0 Å². The molecule has 1 aliphatic rings. The number of hydrogen-bond acceptors (Lipinski definition) is 1. The molecule has 0 bridgehead atoms. The number of carbonyl (C=O) groups excluding carboxylic acids is 1. The average molecular weight is 287 g/mol. The van der Waals surface area contributed by atoms with Gasteiger partial charge < -0.3 is 0 Å². The Balaban J connectivity index is 2.24. The summed E-state index contributed by atoms with van der Waals surface area (Å²) in [7, 11) is 0. The molecule has 2 aromatic rings. The van der Waals surface area contributed by atoms with Gasteiger partial charge in [-0.05, 0) is 30.0 Å². The predicted molar refractivity (Wildman–Crippen MR) is 71.4 cm³/mol. The van der Waals surface area contributed by atoms with E-state index in [2.05, 4.69) is 15.9 Å². The molecule has 2 heteroatoms. The molecular formula is C15H11BrO. The quantitative estimate of drug-likeness (QED) is 0.720. The molecule has 2 aromatic carbocycles. The van der Waals surface area contributed by atoms with Crippen molar-refractivity contribution in [2.45, 2.75) is 12.8 Å². The van der Waals surface area contributed by atoms with Crippen LogP contribution >= 0.6 is 15.9 Å². The van der Waals surface area contributed by atoms with Crippen LogP contribution in [0, 0.1) is 0 Å². The van der Waals surface area contributed by atoms with Crippen LogP contribution in [0.2, 0.25) is 0 Å². The summed E-state index contributed by atoms with van der Waals surface area (Å²) < 4.78 is 1.04. The number of aryl methyl sites for hydroxylation is 1. The van der Waals surface area contributed by atoms with E-state index >= 15 is 0 Å². The number of fused-ring (bicyclic) bond motifs is 2. The molecule has 0 radical (unpaired) electrons. The number of halogens is 1. The largest absolute Gasteiger partial charge is 0.289 e. The maximum absolute atomic E-state index is 12.5. The number of benzene rings is 2. The van der Waals surface area contributed by atoms with Gasteiger partial charge in [-0.2, -0.15) is 0 Å². The molecule has 0 N–H and O–H groups in total. The van der Waals surface area contributed by atoms with Crippen molar-refractivity contribution in [3.05, 3.63) is 69.2 Å². The molecule has 17 heavy (non-hydrogen) atoms. The molecule has 0 atom stereocenters. The lowest BCUT2D eigenvalue weighted by Gasteiger charge is -2.06. The molecule has 0 saturated carbocycles. The zero-order chi connectivity index (χ0) is 11.8. The third-order valence-electron chi connectivity index (χ3n) is 3.27. The van der Waals surface area contributed by atoms with E-state index in [9.17, 15) is 4.79 Å². The summed E-state index contributed by atoms with van der Waals surface area (Å²) in [5.41, 5.74) is 3.97. The van der Waals surface area contributed by atoms with Gasteiger partial charge in [-0.1, -0.05) is 52.3 Å². The van der Waals surface area contributed by atoms with Crippen LogP contribution in [0.3, 0.4) is 0 Å². The maximum Gasteiger partial charge on any atom is 0.193 e. The summed E-state index contributed by atoms with van der Waals surface area (Å²) in [5.74, 6) is 0.148. The first-order valence-electron chi connectivity index (χ1n) is 5.67. The fourth-order valence-corrected chi connectivity index (χ4v) is 2.95. The van der Waals surface area contributed by atoms with Crippen molar-refractivity contribution in [2.75, 3.05) is 0 Å². The summed E-state index contributed by atoms with van der Waals surface area (Å²) in [6.45, 7) is 0. The van der Waals surface area contributed by atoms with E-state index in [4.69, 9.17) is 0 Å². The first-order valence-corrected chi connectivity index (χ1v) is 6.46. The second-order valence-corrected chi connectivity index (χ2v) is 5.11. The number of hydrogen-bond donors (Lipinski definition) is 0. The topological polar surface area (TPSA) is 17.1 Å². The van der Waals surface area contributed by atoms with Crippen LogP contribution in [0.4, 0.5) is 0 Å². The van der Waals surface area contributed by atoms with Crippen molar-refractivity contribution in [3.8, 4) is 0 Å². The molecule has 0 amide bonds. The van der Waals surface area contributed by atoms with Crippen LogP contribution in [0.1, 0.15) is 27.0 Å². The number of rotatable bonds is 0. The lowest BCUT2D eigenvalue weighted by atomic mass is 9.99. The minimum Gasteiger partial charge on any atom is -0.289 e. The first kappa shape index (κ1) is 10.7. The Morgan fingerprint density at radius 3 is 2.53 bits per heavy atom. The van der Waals surface area contributed by atoms with Gasteiger partial charge in [0.2, 0.25) is 0 Å². The van der Waals surface area contributed by atoms with Crippen LogP contribution in [-0.4, -0.2) is 5.78 Å². The highest BCUT2D eigenvalue weighted by Crippen LogP contribution is 2.29. The lowest BCUT2D eigenvalue weighted by molar-refractivity contribution is 0.103. The predicted octanol–water partition coefficient (Wildman–Crippen LogP) is 3.78. The Morgan fingerprint density at radius 1 is 0.882 bits per heavy atom. The van der Waals surface area contributed by atoms with Gasteiger partial charge in [0, 0.05) is 15.6 Å². The van der Waals surface area contributed by atoms with E-state index in [1.807, 2.05) is 42.5 Å². The van der Waals surface area contributed by atoms with Crippen molar-refractivity contribution >= 4 is 21.7 Å². The molecule has 0 saturated heterocycles. The summed E-state index contributed by atoms with van der Waals surface area (Å²) >= 11 is 3.54. The smallest absolute Gasteiger partial charge is 0.193 e. The van der Waals surface area contributed by atoms with Gasteiger partial charge in [0.05, 0.1) is 0 Å². The van der Waals surface area contributed by atoms with E-state index in [-0.39, 0.29) is 5.78 Å². The average Bonchev–Trinajstić information content (AvgIpc) is 2.50. The SMILES string of the molecule is O=C1c2ccccc2CCc2c(Br)cccc21. The first-order chi connectivity index (χ1) is 8.27. The third kappa shape index (κ3) is 1.73. The molecule has 3 rings (SSSR count). The molecular weight excluding hydrogens is 276 g/mol. The monoisotopic (exact) mass is 286 g/mol. The highest BCUT2D eigenvalue weighted by molar-refractivity contribution is 9.10. The minimum absolute atomic E-state index is 0.148. The second kappa shape index (κ2) is 4.11. The summed E-state index contributed by atoms with van der Waals surface area (Å²) in [4.78, 5) is 12.5. The summed E-state index contributed by atoms with van der Waals surface area (Å²) in [5, 5.41) is 0. The highest BCUT2D eigenvalue weighted by Gasteiger charge is 2.21. The molecule has 0 spiro atoms. The lowest BCUT2D eigenvalue weighted by Crippen LogP contribution is -2.04. The van der Waals surface area contributed by atoms with Crippen molar-refractivity contribution in [1.82, 2.24) is 0 Å². The zero-order valence-electron chi connectivity index (χ0n) is 9.24. The molecule has 0 aromatic heterocycles. The van der Waals surface area contributed by atoms with E-state index in [0.29, 0.717) is 0 Å². The summed E-state index contributed by atoms with van der Waals surface area (Å²) in [6, 6.07) is 13.7. The fraction of sp³-hybridized carbons (Fsp3) is 0.133. The van der Waals surface area contributed by atoms with Crippen LogP contribution in [0.15, 0.2) is 46.9 Å². The fourth-order valence-electron chi connectivity index (χ4n) is 2.39. The normalized spacial score (nSPS) is 13.8. The number of ketones is 1. The molecule has 0 heterocycles. The van der Waals surface area contributed by atoms with Gasteiger partial charge in [0.15, 0.2) is 5.78 Å². The van der Waals surface area contributed by atoms with E-state index in [1.165, 1.54) is 0 Å². The van der Waals surface area contributed by atoms with Crippen LogP contribution < -0.4 is 0 Å². The molecule has 1 aliphatic carbocycles. The molecule has 0 fully saturated rings. The summed E-state index contributed by atoms with van der Waals surface area (Å²) in [6.07, 6.45) is 1.84. The van der Waals surface area contributed by atoms with Gasteiger partial charge in [0.25, 0.3) is 0 Å². The standard InChI is InChI=1S/C15H11BrO/c16-14-7-3-6-13-12(14)9-8-10-4-1-2-5-11(10)15(13)17/h1-7H,8-9H2. The Hall–Kier alpha value is -1.41. The van der Waals surface area contributed by atoms with Crippen molar-refractivity contribution < 1.29 is 4.79 Å². The Labute approximate surface area is 109 Å². The molecule has 0 aliphatic heterocycles. The van der Waals surface area contributed by atoms with Crippen molar-refractivity contribution in [3.63, 3.8) is 0 Å². The van der Waals surface area contributed by atoms with Gasteiger partial charge >= 0.3 is 0 Å². The van der Waals surface area contributed by atoms with Crippen LogP contribution in [0.25, 0.3) is 0 Å². The van der Waals surface area contributed by atoms with Crippen LogP contribution in [-0.2, 0) is 12.8 Å². The van der Waals surface area contributed by atoms with Gasteiger partial charge in [-0.25, -0.2) is 0 Å². The Morgan fingerprint density at radius 2 is 1.65 bits per heavy atom. The Kier molecular flexibility index (Phi) is 2.60. The van der Waals surface area contributed by atoms with Gasteiger partial charge in [-0.15, -0.1) is 0 Å². The zero-order valence-corrected chi connectivity index (χ0v) is 10.8. The molecule has 1 nitrogen and oxygen atoms in total. The third-order valence-corrected chi connectivity index (χ3v) is 4.01. The second-order valence-electron chi connectivity index (χ2n) is 4.25. The van der Waals surface area contributed by atoms with E-state index in [0.717, 1.165) is 39.6 Å². The van der Waals surface area contributed by atoms with Crippen molar-refractivity contribution in [1.29, 1.82) is 0 Å². The minimum atomic E-state index is 0.148. The molecule has 84 valence electrons. The van der Waals surface area contributed by atoms with Gasteiger partial charge in [0.1, 0.15) is 0 Å². The molecule has 0 unspecified atom stereocenters. The van der Waals surface area contributed by atoms with E-state index in [1.54, 1.807) is 0 Å². The maximum atomic E-state index is 12.5. The van der Waals surface area contributed by atoms with Gasteiger partial charge in [-0.3, -0.25) is 4.79 Å². The van der Waals surface area contributed by atoms with Crippen LogP contribution in [0.5, 0.6) is 0 Å². The number of carbonyl (C=O) groups is 1. The van der Waals surface area contributed by atoms with E-state index < -0.39 is 0 Å². The Bertz CT molecular complexity index is 602.